The van der Waals surface area contributed by atoms with Crippen molar-refractivity contribution >= 4 is 5.97 Å². The van der Waals surface area contributed by atoms with E-state index in [4.69, 9.17) is 14.4 Å². The minimum atomic E-state index is -0.547. The van der Waals surface area contributed by atoms with Gasteiger partial charge < -0.3 is 13.9 Å². The highest BCUT2D eigenvalue weighted by atomic mass is 16.5. The van der Waals surface area contributed by atoms with E-state index in [1.165, 1.54) is 13.4 Å². The number of esters is 1. The van der Waals surface area contributed by atoms with Crippen molar-refractivity contribution in [1.82, 2.24) is 0 Å². The van der Waals surface area contributed by atoms with Crippen molar-refractivity contribution in [1.29, 1.82) is 5.26 Å². The van der Waals surface area contributed by atoms with Crippen molar-refractivity contribution in [3.05, 3.63) is 53.5 Å². The van der Waals surface area contributed by atoms with Crippen molar-refractivity contribution in [3.8, 4) is 11.8 Å². The number of benzene rings is 1. The van der Waals surface area contributed by atoms with Crippen LogP contribution in [0.4, 0.5) is 0 Å². The smallest absolute Gasteiger partial charge is 0.374 e. The first kappa shape index (κ1) is 12.7. The maximum atomic E-state index is 11.4. The van der Waals surface area contributed by atoms with Crippen LogP contribution in [-0.2, 0) is 11.3 Å². The summed E-state index contributed by atoms with van der Waals surface area (Å²) < 4.78 is 15.1. The Kier molecular flexibility index (Phi) is 3.84. The van der Waals surface area contributed by atoms with Gasteiger partial charge in [0.2, 0.25) is 5.76 Å². The van der Waals surface area contributed by atoms with Crippen molar-refractivity contribution < 1.29 is 18.7 Å². The van der Waals surface area contributed by atoms with Gasteiger partial charge in [-0.25, -0.2) is 4.79 Å². The maximum Gasteiger partial charge on any atom is 0.374 e. The van der Waals surface area contributed by atoms with Gasteiger partial charge in [-0.15, -0.1) is 0 Å². The van der Waals surface area contributed by atoms with Crippen LogP contribution in [0.25, 0.3) is 0 Å². The van der Waals surface area contributed by atoms with Gasteiger partial charge in [-0.05, 0) is 24.3 Å². The minimum absolute atomic E-state index is 0.124. The Morgan fingerprint density at radius 1 is 1.42 bits per heavy atom. The highest BCUT2D eigenvalue weighted by Gasteiger charge is 2.16. The van der Waals surface area contributed by atoms with Gasteiger partial charge >= 0.3 is 5.97 Å². The van der Waals surface area contributed by atoms with Gasteiger partial charge in [0.1, 0.15) is 12.4 Å². The van der Waals surface area contributed by atoms with Crippen molar-refractivity contribution in [3.63, 3.8) is 0 Å². The van der Waals surface area contributed by atoms with Crippen LogP contribution >= 0.6 is 0 Å². The Balaban J connectivity index is 2.09. The Morgan fingerprint density at radius 3 is 3.00 bits per heavy atom. The number of nitrogens with zero attached hydrogens (tertiary/aromatic N) is 1. The number of hydrogen-bond acceptors (Lipinski definition) is 5. The Labute approximate surface area is 110 Å². The maximum absolute atomic E-state index is 11.4. The summed E-state index contributed by atoms with van der Waals surface area (Å²) in [5, 5.41) is 8.78. The molecule has 0 aliphatic carbocycles. The molecule has 0 amide bonds. The number of rotatable bonds is 4. The zero-order valence-electron chi connectivity index (χ0n) is 10.3. The molecule has 0 bridgehead atoms. The molecule has 0 saturated heterocycles. The molecule has 5 nitrogen and oxygen atoms in total. The van der Waals surface area contributed by atoms with Gasteiger partial charge in [0, 0.05) is 5.56 Å². The zero-order chi connectivity index (χ0) is 13.7. The minimum Gasteiger partial charge on any atom is -0.489 e. The fourth-order valence-corrected chi connectivity index (χ4v) is 1.54. The summed E-state index contributed by atoms with van der Waals surface area (Å²) in [6.45, 7) is 0.163. The van der Waals surface area contributed by atoms with Crippen molar-refractivity contribution in [2.75, 3.05) is 7.11 Å². The van der Waals surface area contributed by atoms with E-state index in [0.717, 1.165) is 0 Å². The molecule has 96 valence electrons. The van der Waals surface area contributed by atoms with E-state index in [-0.39, 0.29) is 12.4 Å². The molecule has 1 aromatic heterocycles. The molecule has 0 aliphatic heterocycles. The van der Waals surface area contributed by atoms with Gasteiger partial charge in [0.15, 0.2) is 0 Å². The number of hydrogen-bond donors (Lipinski definition) is 0. The van der Waals surface area contributed by atoms with E-state index >= 15 is 0 Å². The first-order chi connectivity index (χ1) is 9.24. The molecule has 19 heavy (non-hydrogen) atoms. The molecule has 0 aliphatic rings. The third kappa shape index (κ3) is 2.93. The molecule has 0 atom stereocenters. The topological polar surface area (TPSA) is 72.5 Å². The largest absolute Gasteiger partial charge is 0.489 e. The standard InChI is InChI=1S/C14H11NO4/c1-17-14(16)13-11(5-6-18-13)9-19-12-4-2-3-10(7-12)8-15/h2-7H,9H2,1H3. The van der Waals surface area contributed by atoms with Crippen LogP contribution in [0.15, 0.2) is 41.0 Å². The third-order valence-corrected chi connectivity index (χ3v) is 2.48. The molecule has 0 spiro atoms. The van der Waals surface area contributed by atoms with E-state index in [1.54, 1.807) is 30.3 Å². The van der Waals surface area contributed by atoms with E-state index in [9.17, 15) is 4.79 Å². The molecule has 2 rings (SSSR count). The van der Waals surface area contributed by atoms with Gasteiger partial charge in [0.05, 0.1) is 25.0 Å². The lowest BCUT2D eigenvalue weighted by molar-refractivity contribution is 0.0561. The zero-order valence-corrected chi connectivity index (χ0v) is 10.3. The summed E-state index contributed by atoms with van der Waals surface area (Å²) >= 11 is 0. The summed E-state index contributed by atoms with van der Waals surface area (Å²) in [6.07, 6.45) is 1.40. The number of nitriles is 1. The number of furan rings is 1. The molecule has 0 saturated carbocycles. The predicted octanol–water partition coefficient (Wildman–Crippen LogP) is 2.52. The van der Waals surface area contributed by atoms with Crippen molar-refractivity contribution in [2.45, 2.75) is 6.61 Å². The summed E-state index contributed by atoms with van der Waals surface area (Å²) in [7, 11) is 1.28. The molecular weight excluding hydrogens is 246 g/mol. The fraction of sp³-hybridized carbons (Fsp3) is 0.143. The first-order valence-electron chi connectivity index (χ1n) is 5.52. The van der Waals surface area contributed by atoms with E-state index < -0.39 is 5.97 Å². The summed E-state index contributed by atoms with van der Waals surface area (Å²) in [6, 6.07) is 10.4. The van der Waals surface area contributed by atoms with Crippen LogP contribution in [0, 0.1) is 11.3 Å². The molecule has 5 heteroatoms. The Hall–Kier alpha value is -2.74. The molecule has 2 aromatic rings. The quantitative estimate of drug-likeness (QED) is 0.787. The first-order valence-corrected chi connectivity index (χ1v) is 5.52. The molecule has 0 unspecified atom stereocenters. The van der Waals surface area contributed by atoms with Gasteiger partial charge in [-0.2, -0.15) is 5.26 Å². The molecule has 0 radical (unpaired) electrons. The molecular formula is C14H11NO4. The van der Waals surface area contributed by atoms with E-state index in [1.807, 2.05) is 6.07 Å². The van der Waals surface area contributed by atoms with E-state index in [0.29, 0.717) is 16.9 Å². The molecule has 0 fully saturated rings. The molecule has 1 heterocycles. The average Bonchev–Trinajstić information content (AvgIpc) is 2.93. The predicted molar refractivity (Wildman–Crippen MR) is 65.5 cm³/mol. The average molecular weight is 257 g/mol. The second-order valence-electron chi connectivity index (χ2n) is 3.69. The van der Waals surface area contributed by atoms with Gasteiger partial charge in [-0.3, -0.25) is 0 Å². The second kappa shape index (κ2) is 5.74. The normalized spacial score (nSPS) is 9.68. The van der Waals surface area contributed by atoms with Crippen LogP contribution in [0.1, 0.15) is 21.7 Å². The number of carbonyl (C=O) groups excluding carboxylic acids is 1. The molecule has 0 N–H and O–H groups in total. The highest BCUT2D eigenvalue weighted by molar-refractivity contribution is 5.87. The van der Waals surface area contributed by atoms with Gasteiger partial charge in [-0.1, -0.05) is 6.07 Å². The second-order valence-corrected chi connectivity index (χ2v) is 3.69. The summed E-state index contributed by atoms with van der Waals surface area (Å²) in [5.41, 5.74) is 1.10. The summed E-state index contributed by atoms with van der Waals surface area (Å²) in [5.74, 6) is 0.129. The molecule has 1 aromatic carbocycles. The lowest BCUT2D eigenvalue weighted by atomic mass is 10.2. The monoisotopic (exact) mass is 257 g/mol. The SMILES string of the molecule is COC(=O)c1occc1COc1cccc(C#N)c1. The Morgan fingerprint density at radius 2 is 2.26 bits per heavy atom. The van der Waals surface area contributed by atoms with Crippen LogP contribution in [0.3, 0.4) is 0 Å². The van der Waals surface area contributed by atoms with Gasteiger partial charge in [0.25, 0.3) is 0 Å². The van der Waals surface area contributed by atoms with Crippen molar-refractivity contribution in [2.24, 2.45) is 0 Å². The van der Waals surface area contributed by atoms with E-state index in [2.05, 4.69) is 4.74 Å². The lowest BCUT2D eigenvalue weighted by Crippen LogP contribution is -2.05. The lowest BCUT2D eigenvalue weighted by Gasteiger charge is -2.05. The van der Waals surface area contributed by atoms with Crippen LogP contribution in [-0.4, -0.2) is 13.1 Å². The number of ether oxygens (including phenoxy) is 2. The highest BCUT2D eigenvalue weighted by Crippen LogP contribution is 2.17. The Bertz CT molecular complexity index is 624. The van der Waals surface area contributed by atoms with Crippen LogP contribution < -0.4 is 4.74 Å². The summed E-state index contributed by atoms with van der Waals surface area (Å²) in [4.78, 5) is 11.4. The van der Waals surface area contributed by atoms with Crippen LogP contribution in [0.2, 0.25) is 0 Å². The third-order valence-electron chi connectivity index (χ3n) is 2.48. The number of carbonyl (C=O) groups is 1. The fourth-order valence-electron chi connectivity index (χ4n) is 1.54. The van der Waals surface area contributed by atoms with Crippen LogP contribution in [0.5, 0.6) is 5.75 Å². The number of methoxy groups -OCH3 is 1.